The van der Waals surface area contributed by atoms with E-state index >= 15 is 0 Å². The van der Waals surface area contributed by atoms with Gasteiger partial charge in [-0.15, -0.1) is 11.3 Å². The fourth-order valence-electron chi connectivity index (χ4n) is 1.24. The molecule has 0 saturated carbocycles. The SMILES string of the molecule is COC(=O)/C=C1\C=C(c2cccs2)C(=O)O1. The molecular formula is C11H8O4S. The van der Waals surface area contributed by atoms with Crippen LogP contribution in [-0.4, -0.2) is 19.0 Å². The first-order valence-corrected chi connectivity index (χ1v) is 5.36. The quantitative estimate of drug-likeness (QED) is 0.579. The highest BCUT2D eigenvalue weighted by atomic mass is 32.1. The van der Waals surface area contributed by atoms with Crippen LogP contribution < -0.4 is 0 Å². The number of hydrogen-bond donors (Lipinski definition) is 0. The van der Waals surface area contributed by atoms with Crippen LogP contribution in [0.25, 0.3) is 5.57 Å². The average molecular weight is 236 g/mol. The summed E-state index contributed by atoms with van der Waals surface area (Å²) in [6, 6.07) is 3.66. The molecule has 0 N–H and O–H groups in total. The zero-order valence-electron chi connectivity index (χ0n) is 8.43. The van der Waals surface area contributed by atoms with Crippen LogP contribution in [0.4, 0.5) is 0 Å². The predicted molar refractivity (Wildman–Crippen MR) is 58.5 cm³/mol. The van der Waals surface area contributed by atoms with E-state index in [-0.39, 0.29) is 5.76 Å². The number of rotatable bonds is 2. The van der Waals surface area contributed by atoms with Gasteiger partial charge in [0.1, 0.15) is 5.76 Å². The molecule has 2 heterocycles. The second-order valence-corrected chi connectivity index (χ2v) is 3.94. The summed E-state index contributed by atoms with van der Waals surface area (Å²) in [5.74, 6) is -0.788. The van der Waals surface area contributed by atoms with Gasteiger partial charge in [0.15, 0.2) is 0 Å². The molecule has 2 rings (SSSR count). The van der Waals surface area contributed by atoms with E-state index in [1.807, 2.05) is 17.5 Å². The average Bonchev–Trinajstić information content (AvgIpc) is 2.87. The molecule has 0 radical (unpaired) electrons. The Balaban J connectivity index is 2.28. The first kappa shape index (κ1) is 10.6. The largest absolute Gasteiger partial charge is 0.466 e. The normalized spacial score (nSPS) is 17.2. The molecule has 0 amide bonds. The third kappa shape index (κ3) is 2.04. The highest BCUT2D eigenvalue weighted by molar-refractivity contribution is 7.11. The zero-order chi connectivity index (χ0) is 11.5. The van der Waals surface area contributed by atoms with E-state index in [2.05, 4.69) is 4.74 Å². The molecule has 0 bridgehead atoms. The minimum absolute atomic E-state index is 0.209. The van der Waals surface area contributed by atoms with Gasteiger partial charge in [-0.2, -0.15) is 0 Å². The van der Waals surface area contributed by atoms with Crippen LogP contribution in [0.2, 0.25) is 0 Å². The van der Waals surface area contributed by atoms with E-state index in [1.165, 1.54) is 24.5 Å². The van der Waals surface area contributed by atoms with Crippen molar-refractivity contribution in [3.8, 4) is 0 Å². The van der Waals surface area contributed by atoms with E-state index in [0.29, 0.717) is 5.57 Å². The van der Waals surface area contributed by atoms with Gasteiger partial charge in [0, 0.05) is 4.88 Å². The van der Waals surface area contributed by atoms with Crippen LogP contribution in [0.3, 0.4) is 0 Å². The second kappa shape index (κ2) is 4.32. The van der Waals surface area contributed by atoms with E-state index in [0.717, 1.165) is 11.0 Å². The fraction of sp³-hybridized carbons (Fsp3) is 0.0909. The van der Waals surface area contributed by atoms with Gasteiger partial charge in [-0.25, -0.2) is 9.59 Å². The highest BCUT2D eigenvalue weighted by Gasteiger charge is 2.23. The molecule has 1 aliphatic heterocycles. The summed E-state index contributed by atoms with van der Waals surface area (Å²) in [4.78, 5) is 23.2. The van der Waals surface area contributed by atoms with E-state index in [9.17, 15) is 9.59 Å². The van der Waals surface area contributed by atoms with Crippen molar-refractivity contribution >= 4 is 28.8 Å². The summed E-state index contributed by atoms with van der Waals surface area (Å²) in [6.07, 6.45) is 2.67. The van der Waals surface area contributed by atoms with Gasteiger partial charge in [-0.1, -0.05) is 6.07 Å². The zero-order valence-corrected chi connectivity index (χ0v) is 9.24. The molecule has 4 nitrogen and oxygen atoms in total. The number of ether oxygens (including phenoxy) is 2. The summed E-state index contributed by atoms with van der Waals surface area (Å²) >= 11 is 1.44. The Kier molecular flexibility index (Phi) is 2.87. The molecule has 1 aromatic rings. The Morgan fingerprint density at radius 2 is 2.38 bits per heavy atom. The van der Waals surface area contributed by atoms with Gasteiger partial charge in [0.05, 0.1) is 18.8 Å². The topological polar surface area (TPSA) is 52.6 Å². The Labute approximate surface area is 95.8 Å². The van der Waals surface area contributed by atoms with Gasteiger partial charge in [-0.05, 0) is 17.5 Å². The predicted octanol–water partition coefficient (Wildman–Crippen LogP) is 1.75. The summed E-state index contributed by atoms with van der Waals surface area (Å²) in [7, 11) is 1.26. The molecule has 82 valence electrons. The van der Waals surface area contributed by atoms with E-state index in [1.54, 1.807) is 0 Å². The van der Waals surface area contributed by atoms with Crippen molar-refractivity contribution in [1.29, 1.82) is 0 Å². The van der Waals surface area contributed by atoms with Crippen LogP contribution in [0.15, 0.2) is 35.4 Å². The third-order valence-corrected chi connectivity index (χ3v) is 2.87. The first-order valence-electron chi connectivity index (χ1n) is 4.48. The molecule has 0 aromatic carbocycles. The minimum atomic E-state index is -0.550. The number of methoxy groups -OCH3 is 1. The molecule has 5 heteroatoms. The monoisotopic (exact) mass is 236 g/mol. The van der Waals surface area contributed by atoms with Gasteiger partial charge in [-0.3, -0.25) is 0 Å². The van der Waals surface area contributed by atoms with Crippen molar-refractivity contribution in [2.75, 3.05) is 7.11 Å². The maximum Gasteiger partial charge on any atom is 0.345 e. The highest BCUT2D eigenvalue weighted by Crippen LogP contribution is 2.28. The standard InChI is InChI=1S/C11H8O4S/c1-14-10(12)6-7-5-8(11(13)15-7)9-3-2-4-16-9/h2-6H,1H3/b7-6+. The van der Waals surface area contributed by atoms with Crippen LogP contribution in [0.5, 0.6) is 0 Å². The summed E-state index contributed by atoms with van der Waals surface area (Å²) in [6.45, 7) is 0. The number of allylic oxidation sites excluding steroid dienone is 1. The molecule has 0 fully saturated rings. The molecule has 0 aliphatic carbocycles. The van der Waals surface area contributed by atoms with Gasteiger partial charge < -0.3 is 9.47 Å². The van der Waals surface area contributed by atoms with Crippen molar-refractivity contribution in [2.45, 2.75) is 0 Å². The number of esters is 2. The lowest BCUT2D eigenvalue weighted by Gasteiger charge is -1.95. The molecular weight excluding hydrogens is 228 g/mol. The van der Waals surface area contributed by atoms with Crippen molar-refractivity contribution in [3.05, 3.63) is 40.3 Å². The van der Waals surface area contributed by atoms with Gasteiger partial charge in [0.25, 0.3) is 0 Å². The number of carbonyl (C=O) groups excluding carboxylic acids is 2. The maximum atomic E-state index is 11.5. The minimum Gasteiger partial charge on any atom is -0.466 e. The summed E-state index contributed by atoms with van der Waals surface area (Å²) in [5.41, 5.74) is 0.463. The Hall–Kier alpha value is -1.88. The Bertz CT molecular complexity index is 482. The molecule has 0 unspecified atom stereocenters. The Morgan fingerprint density at radius 3 is 3.00 bits per heavy atom. The smallest absolute Gasteiger partial charge is 0.345 e. The first-order chi connectivity index (χ1) is 7.70. The summed E-state index contributed by atoms with van der Waals surface area (Å²) in [5, 5.41) is 1.87. The Morgan fingerprint density at radius 1 is 1.56 bits per heavy atom. The van der Waals surface area contributed by atoms with Crippen LogP contribution in [-0.2, 0) is 19.1 Å². The van der Waals surface area contributed by atoms with Crippen LogP contribution >= 0.6 is 11.3 Å². The number of hydrogen-bond acceptors (Lipinski definition) is 5. The number of thiophene rings is 1. The van der Waals surface area contributed by atoms with Crippen molar-refractivity contribution in [3.63, 3.8) is 0 Å². The lowest BCUT2D eigenvalue weighted by atomic mass is 10.2. The molecule has 16 heavy (non-hydrogen) atoms. The maximum absolute atomic E-state index is 11.5. The van der Waals surface area contributed by atoms with Gasteiger partial charge >= 0.3 is 11.9 Å². The van der Waals surface area contributed by atoms with Crippen LogP contribution in [0.1, 0.15) is 4.88 Å². The van der Waals surface area contributed by atoms with Gasteiger partial charge in [0.2, 0.25) is 0 Å². The summed E-state index contributed by atoms with van der Waals surface area (Å²) < 4.78 is 9.35. The molecule has 0 spiro atoms. The molecule has 1 aromatic heterocycles. The molecule has 1 aliphatic rings. The number of carbonyl (C=O) groups is 2. The van der Waals surface area contributed by atoms with E-state index in [4.69, 9.17) is 4.74 Å². The molecule has 0 saturated heterocycles. The van der Waals surface area contributed by atoms with Crippen molar-refractivity contribution in [1.82, 2.24) is 0 Å². The fourth-order valence-corrected chi connectivity index (χ4v) is 1.97. The van der Waals surface area contributed by atoms with Crippen molar-refractivity contribution < 1.29 is 19.1 Å². The van der Waals surface area contributed by atoms with Crippen molar-refractivity contribution in [2.24, 2.45) is 0 Å². The lowest BCUT2D eigenvalue weighted by Crippen LogP contribution is -1.99. The lowest BCUT2D eigenvalue weighted by molar-refractivity contribution is -0.135. The second-order valence-electron chi connectivity index (χ2n) is 2.99. The van der Waals surface area contributed by atoms with Crippen LogP contribution in [0, 0.1) is 0 Å². The number of cyclic esters (lactones) is 1. The third-order valence-electron chi connectivity index (χ3n) is 1.96. The molecule has 0 atom stereocenters. The van der Waals surface area contributed by atoms with E-state index < -0.39 is 11.9 Å².